The topological polar surface area (TPSA) is 55.6 Å². The van der Waals surface area contributed by atoms with E-state index in [9.17, 15) is 4.79 Å². The van der Waals surface area contributed by atoms with Crippen LogP contribution in [-0.2, 0) is 6.42 Å². The van der Waals surface area contributed by atoms with E-state index in [4.69, 9.17) is 4.74 Å². The average Bonchev–Trinajstić information content (AvgIpc) is 2.95. The molecule has 0 bridgehead atoms. The van der Waals surface area contributed by atoms with Gasteiger partial charge in [0.25, 0.3) is 5.91 Å². The van der Waals surface area contributed by atoms with E-state index in [0.717, 1.165) is 21.4 Å². The van der Waals surface area contributed by atoms with Crippen molar-refractivity contribution < 1.29 is 9.53 Å². The van der Waals surface area contributed by atoms with Gasteiger partial charge in [-0.25, -0.2) is 4.98 Å². The highest BCUT2D eigenvalue weighted by atomic mass is 79.9. The molecule has 3 rings (SSSR count). The number of imidazole rings is 1. The van der Waals surface area contributed by atoms with E-state index in [1.807, 2.05) is 61.7 Å². The summed E-state index contributed by atoms with van der Waals surface area (Å²) in [7, 11) is 0. The highest BCUT2D eigenvalue weighted by molar-refractivity contribution is 9.10. The number of amides is 1. The first-order valence-corrected chi connectivity index (χ1v) is 9.04. The zero-order valence-corrected chi connectivity index (χ0v) is 16.1. The second-order valence-corrected chi connectivity index (χ2v) is 6.59. The molecule has 2 heterocycles. The van der Waals surface area contributed by atoms with Crippen molar-refractivity contribution in [1.29, 1.82) is 0 Å². The van der Waals surface area contributed by atoms with Crippen molar-refractivity contribution in [2.24, 2.45) is 0 Å². The third-order valence-corrected chi connectivity index (χ3v) is 4.36. The van der Waals surface area contributed by atoms with Gasteiger partial charge in [-0.05, 0) is 60.0 Å². The van der Waals surface area contributed by atoms with Crippen LogP contribution in [0.4, 0.5) is 5.69 Å². The van der Waals surface area contributed by atoms with Gasteiger partial charge < -0.3 is 10.1 Å². The van der Waals surface area contributed by atoms with Gasteiger partial charge in [0.1, 0.15) is 17.1 Å². The molecule has 1 aromatic carbocycles. The van der Waals surface area contributed by atoms with Crippen LogP contribution in [0.5, 0.6) is 5.75 Å². The Morgan fingerprint density at radius 1 is 1.32 bits per heavy atom. The van der Waals surface area contributed by atoms with Crippen molar-refractivity contribution >= 4 is 33.2 Å². The molecule has 0 spiro atoms. The first-order chi connectivity index (χ1) is 12.0. The molecule has 1 N–H and O–H groups in total. The van der Waals surface area contributed by atoms with Gasteiger partial charge in [-0.1, -0.05) is 19.1 Å². The maximum Gasteiger partial charge on any atom is 0.274 e. The summed E-state index contributed by atoms with van der Waals surface area (Å²) in [6.07, 6.45) is 2.55. The number of aryl methyl sites for hydroxylation is 2. The largest absolute Gasteiger partial charge is 0.492 e. The zero-order valence-electron chi connectivity index (χ0n) is 14.5. The van der Waals surface area contributed by atoms with Crippen LogP contribution in [-0.4, -0.2) is 21.9 Å². The third-order valence-electron chi connectivity index (χ3n) is 3.93. The van der Waals surface area contributed by atoms with E-state index in [0.29, 0.717) is 30.2 Å². The van der Waals surface area contributed by atoms with Crippen molar-refractivity contribution in [3.05, 3.63) is 58.0 Å². The standard InChI is InChI=1S/C19H20BrN3O2/c1-4-14-17(23-11-13(20)10-12(3)18(23)21-14)19(24)22-15-8-6-7-9-16(15)25-5-2/h6-11H,4-5H2,1-3H3,(H,22,24). The minimum atomic E-state index is -0.200. The number of carbonyl (C=O) groups excluding carboxylic acids is 1. The number of benzene rings is 1. The maximum atomic E-state index is 13.0. The summed E-state index contributed by atoms with van der Waals surface area (Å²) < 4.78 is 8.34. The number of nitrogens with zero attached hydrogens (tertiary/aromatic N) is 2. The highest BCUT2D eigenvalue weighted by Crippen LogP contribution is 2.26. The minimum absolute atomic E-state index is 0.200. The summed E-state index contributed by atoms with van der Waals surface area (Å²) in [4.78, 5) is 17.6. The summed E-state index contributed by atoms with van der Waals surface area (Å²) in [5.74, 6) is 0.455. The second-order valence-electron chi connectivity index (χ2n) is 5.68. The molecule has 130 valence electrons. The van der Waals surface area contributed by atoms with Crippen molar-refractivity contribution in [3.8, 4) is 5.75 Å². The van der Waals surface area contributed by atoms with Gasteiger partial charge in [-0.15, -0.1) is 0 Å². The summed E-state index contributed by atoms with van der Waals surface area (Å²) in [6.45, 7) is 6.43. The highest BCUT2D eigenvalue weighted by Gasteiger charge is 2.20. The Morgan fingerprint density at radius 2 is 2.08 bits per heavy atom. The monoisotopic (exact) mass is 401 g/mol. The van der Waals surface area contributed by atoms with Crippen LogP contribution < -0.4 is 10.1 Å². The zero-order chi connectivity index (χ0) is 18.0. The van der Waals surface area contributed by atoms with Crippen LogP contribution in [0.15, 0.2) is 41.0 Å². The van der Waals surface area contributed by atoms with Crippen molar-refractivity contribution in [2.75, 3.05) is 11.9 Å². The minimum Gasteiger partial charge on any atom is -0.492 e. The van der Waals surface area contributed by atoms with Crippen molar-refractivity contribution in [1.82, 2.24) is 9.38 Å². The summed E-state index contributed by atoms with van der Waals surface area (Å²) in [5.41, 5.74) is 3.78. The lowest BCUT2D eigenvalue weighted by atomic mass is 10.2. The number of pyridine rings is 1. The maximum absolute atomic E-state index is 13.0. The van der Waals surface area contributed by atoms with E-state index in [2.05, 4.69) is 26.2 Å². The van der Waals surface area contributed by atoms with Crippen LogP contribution in [0.25, 0.3) is 5.65 Å². The molecule has 1 amide bonds. The first kappa shape index (κ1) is 17.5. The summed E-state index contributed by atoms with van der Waals surface area (Å²) >= 11 is 3.50. The number of nitrogens with one attached hydrogen (secondary N) is 1. The van der Waals surface area contributed by atoms with Crippen LogP contribution in [0.2, 0.25) is 0 Å². The second kappa shape index (κ2) is 7.27. The van der Waals surface area contributed by atoms with Gasteiger partial charge in [0.15, 0.2) is 0 Å². The quantitative estimate of drug-likeness (QED) is 0.678. The van der Waals surface area contributed by atoms with E-state index in [1.54, 1.807) is 0 Å². The molecule has 0 aliphatic heterocycles. The van der Waals surface area contributed by atoms with Crippen LogP contribution >= 0.6 is 15.9 Å². The fraction of sp³-hybridized carbons (Fsp3) is 0.263. The molecule has 25 heavy (non-hydrogen) atoms. The number of anilines is 1. The molecule has 3 aromatic rings. The number of aromatic nitrogens is 2. The predicted octanol–water partition coefficient (Wildman–Crippen LogP) is 4.62. The lowest BCUT2D eigenvalue weighted by Crippen LogP contribution is -2.17. The van der Waals surface area contributed by atoms with E-state index in [1.165, 1.54) is 0 Å². The number of rotatable bonds is 5. The van der Waals surface area contributed by atoms with Crippen LogP contribution in [0.1, 0.15) is 35.6 Å². The number of fused-ring (bicyclic) bond motifs is 1. The number of hydrogen-bond acceptors (Lipinski definition) is 3. The molecule has 0 radical (unpaired) electrons. The Bertz CT molecular complexity index is 934. The Kier molecular flexibility index (Phi) is 5.08. The Morgan fingerprint density at radius 3 is 2.80 bits per heavy atom. The number of para-hydroxylation sites is 2. The van der Waals surface area contributed by atoms with Crippen LogP contribution in [0, 0.1) is 6.92 Å². The molecule has 0 fully saturated rings. The van der Waals surface area contributed by atoms with Gasteiger partial charge in [0.2, 0.25) is 0 Å². The Balaban J connectivity index is 2.06. The van der Waals surface area contributed by atoms with Crippen molar-refractivity contribution in [2.45, 2.75) is 27.2 Å². The van der Waals surface area contributed by atoms with E-state index in [-0.39, 0.29) is 5.91 Å². The molecule has 0 aliphatic carbocycles. The third kappa shape index (κ3) is 3.39. The van der Waals surface area contributed by atoms with Crippen LogP contribution in [0.3, 0.4) is 0 Å². The number of carbonyl (C=O) groups is 1. The fourth-order valence-electron chi connectivity index (χ4n) is 2.84. The van der Waals surface area contributed by atoms with E-state index >= 15 is 0 Å². The Labute approximate surface area is 155 Å². The molecule has 0 saturated carbocycles. The molecule has 0 saturated heterocycles. The number of hydrogen-bond donors (Lipinski definition) is 1. The lowest BCUT2D eigenvalue weighted by molar-refractivity contribution is 0.102. The van der Waals surface area contributed by atoms with Gasteiger partial charge in [0, 0.05) is 10.7 Å². The van der Waals surface area contributed by atoms with Gasteiger partial charge in [-0.3, -0.25) is 9.20 Å². The number of ether oxygens (including phenoxy) is 1. The van der Waals surface area contributed by atoms with Gasteiger partial charge >= 0.3 is 0 Å². The SMILES string of the molecule is CCOc1ccccc1NC(=O)c1c(CC)nc2c(C)cc(Br)cn12. The first-order valence-electron chi connectivity index (χ1n) is 8.25. The van der Waals surface area contributed by atoms with Crippen molar-refractivity contribution in [3.63, 3.8) is 0 Å². The van der Waals surface area contributed by atoms with E-state index < -0.39 is 0 Å². The number of halogens is 1. The molecule has 5 nitrogen and oxygen atoms in total. The average molecular weight is 402 g/mol. The predicted molar refractivity (Wildman–Crippen MR) is 103 cm³/mol. The summed E-state index contributed by atoms with van der Waals surface area (Å²) in [6, 6.07) is 9.42. The van der Waals surface area contributed by atoms with Gasteiger partial charge in [-0.2, -0.15) is 0 Å². The lowest BCUT2D eigenvalue weighted by Gasteiger charge is -2.12. The molecule has 2 aromatic heterocycles. The molecular weight excluding hydrogens is 382 g/mol. The molecule has 0 atom stereocenters. The normalized spacial score (nSPS) is 10.9. The Hall–Kier alpha value is -2.34. The smallest absolute Gasteiger partial charge is 0.274 e. The summed E-state index contributed by atoms with van der Waals surface area (Å²) in [5, 5.41) is 2.96. The molecule has 0 unspecified atom stereocenters. The molecule has 0 aliphatic rings. The molecular formula is C19H20BrN3O2. The van der Waals surface area contributed by atoms with Gasteiger partial charge in [0.05, 0.1) is 18.0 Å². The fourth-order valence-corrected chi connectivity index (χ4v) is 3.38. The molecule has 6 heteroatoms.